The zero-order valence-corrected chi connectivity index (χ0v) is 10.8. The van der Waals surface area contributed by atoms with E-state index in [2.05, 4.69) is 29.1 Å². The molecule has 1 aliphatic heterocycles. The van der Waals surface area contributed by atoms with Crippen molar-refractivity contribution < 1.29 is 5.11 Å². The van der Waals surface area contributed by atoms with Crippen molar-refractivity contribution in [1.29, 1.82) is 0 Å². The predicted octanol–water partition coefficient (Wildman–Crippen LogP) is 0.990. The minimum atomic E-state index is -0.0166. The van der Waals surface area contributed by atoms with Crippen molar-refractivity contribution in [3.63, 3.8) is 0 Å². The van der Waals surface area contributed by atoms with E-state index >= 15 is 0 Å². The molecule has 2 rings (SSSR count). The number of hydrogen-bond acceptors (Lipinski definition) is 4. The molecule has 5 nitrogen and oxygen atoms in total. The Labute approximate surface area is 102 Å². The minimum Gasteiger partial charge on any atom is -0.390 e. The van der Waals surface area contributed by atoms with Crippen molar-refractivity contribution in [3.8, 4) is 0 Å². The van der Waals surface area contributed by atoms with Crippen LogP contribution in [0.15, 0.2) is 0 Å². The number of rotatable bonds is 5. The molecule has 1 saturated heterocycles. The van der Waals surface area contributed by atoms with Gasteiger partial charge in [0, 0.05) is 6.54 Å². The van der Waals surface area contributed by atoms with Gasteiger partial charge in [0.05, 0.1) is 18.8 Å². The van der Waals surface area contributed by atoms with Crippen LogP contribution < -0.4 is 0 Å². The monoisotopic (exact) mass is 238 g/mol. The number of nitrogens with zero attached hydrogens (tertiary/aromatic N) is 4. The quantitative estimate of drug-likeness (QED) is 0.831. The van der Waals surface area contributed by atoms with Crippen LogP contribution in [0.4, 0.5) is 0 Å². The summed E-state index contributed by atoms with van der Waals surface area (Å²) < 4.78 is 1.95. The lowest BCUT2D eigenvalue weighted by molar-refractivity contribution is 0.274. The van der Waals surface area contributed by atoms with Crippen LogP contribution in [-0.2, 0) is 13.2 Å². The Bertz CT molecular complexity index is 355. The third kappa shape index (κ3) is 2.84. The maximum atomic E-state index is 9.23. The van der Waals surface area contributed by atoms with Gasteiger partial charge in [0.2, 0.25) is 0 Å². The Morgan fingerprint density at radius 2 is 1.94 bits per heavy atom. The molecule has 0 aliphatic carbocycles. The predicted molar refractivity (Wildman–Crippen MR) is 65.7 cm³/mol. The smallest absolute Gasteiger partial charge is 0.112 e. The van der Waals surface area contributed by atoms with Crippen LogP contribution in [0.25, 0.3) is 0 Å². The van der Waals surface area contributed by atoms with Crippen molar-refractivity contribution in [1.82, 2.24) is 19.9 Å². The molecule has 0 amide bonds. The topological polar surface area (TPSA) is 54.2 Å². The van der Waals surface area contributed by atoms with Crippen molar-refractivity contribution in [3.05, 3.63) is 11.4 Å². The maximum Gasteiger partial charge on any atom is 0.112 e. The highest BCUT2D eigenvalue weighted by molar-refractivity contribution is 5.13. The van der Waals surface area contributed by atoms with Crippen LogP contribution in [0, 0.1) is 0 Å². The highest BCUT2D eigenvalue weighted by atomic mass is 16.3. The molecule has 0 unspecified atom stereocenters. The largest absolute Gasteiger partial charge is 0.390 e. The van der Waals surface area contributed by atoms with Gasteiger partial charge in [-0.05, 0) is 31.8 Å². The normalized spacial score (nSPS) is 17.2. The van der Waals surface area contributed by atoms with E-state index in [9.17, 15) is 5.11 Å². The fourth-order valence-corrected chi connectivity index (χ4v) is 2.51. The Kier molecular flexibility index (Phi) is 4.12. The number of likely N-dealkylation sites (tertiary alicyclic amines) is 1. The Hall–Kier alpha value is -0.940. The molecule has 0 saturated carbocycles. The Morgan fingerprint density at radius 3 is 2.53 bits per heavy atom. The molecule has 0 radical (unpaired) electrons. The van der Waals surface area contributed by atoms with Gasteiger partial charge in [0.25, 0.3) is 0 Å². The molecule has 1 N–H and O–H groups in total. The van der Waals surface area contributed by atoms with Crippen LogP contribution in [0.2, 0.25) is 0 Å². The minimum absolute atomic E-state index is 0.0166. The molecular formula is C12H22N4O. The second-order valence-corrected chi connectivity index (χ2v) is 5.01. The van der Waals surface area contributed by atoms with E-state index in [1.807, 2.05) is 4.68 Å². The molecule has 1 fully saturated rings. The second kappa shape index (κ2) is 5.60. The summed E-state index contributed by atoms with van der Waals surface area (Å²) in [6, 6.07) is 0. The third-order valence-corrected chi connectivity index (χ3v) is 3.37. The highest BCUT2D eigenvalue weighted by Gasteiger charge is 2.17. The first kappa shape index (κ1) is 12.5. The SMILES string of the molecule is CC(C)c1c(CO)nnn1CCN1CCCC1. The number of aliphatic hydroxyl groups is 1. The van der Waals surface area contributed by atoms with Gasteiger partial charge in [0.15, 0.2) is 0 Å². The van der Waals surface area contributed by atoms with Gasteiger partial charge in [0.1, 0.15) is 5.69 Å². The summed E-state index contributed by atoms with van der Waals surface area (Å²) in [5.41, 5.74) is 1.80. The number of aromatic nitrogens is 3. The van der Waals surface area contributed by atoms with E-state index < -0.39 is 0 Å². The third-order valence-electron chi connectivity index (χ3n) is 3.37. The maximum absolute atomic E-state index is 9.23. The fraction of sp³-hybridized carbons (Fsp3) is 0.833. The van der Waals surface area contributed by atoms with Gasteiger partial charge in [-0.25, -0.2) is 4.68 Å². The second-order valence-electron chi connectivity index (χ2n) is 5.01. The van der Waals surface area contributed by atoms with Crippen molar-refractivity contribution in [2.24, 2.45) is 0 Å². The molecule has 0 spiro atoms. The van der Waals surface area contributed by atoms with Gasteiger partial charge in [-0.3, -0.25) is 0 Å². The molecule has 17 heavy (non-hydrogen) atoms. The van der Waals surface area contributed by atoms with Crippen molar-refractivity contribution in [2.75, 3.05) is 19.6 Å². The first-order valence-corrected chi connectivity index (χ1v) is 6.48. The lowest BCUT2D eigenvalue weighted by Gasteiger charge is -2.16. The lowest BCUT2D eigenvalue weighted by Crippen LogP contribution is -2.25. The fourth-order valence-electron chi connectivity index (χ4n) is 2.51. The van der Waals surface area contributed by atoms with Crippen LogP contribution in [-0.4, -0.2) is 44.6 Å². The molecular weight excluding hydrogens is 216 g/mol. The lowest BCUT2D eigenvalue weighted by atomic mass is 10.1. The zero-order chi connectivity index (χ0) is 12.3. The molecule has 0 bridgehead atoms. The Morgan fingerprint density at radius 1 is 1.24 bits per heavy atom. The van der Waals surface area contributed by atoms with Crippen LogP contribution >= 0.6 is 0 Å². The van der Waals surface area contributed by atoms with E-state index in [-0.39, 0.29) is 6.61 Å². The van der Waals surface area contributed by atoms with E-state index in [1.54, 1.807) is 0 Å². The number of hydrogen-bond donors (Lipinski definition) is 1. The molecule has 0 atom stereocenters. The summed E-state index contributed by atoms with van der Waals surface area (Å²) in [6.07, 6.45) is 2.63. The van der Waals surface area contributed by atoms with E-state index in [0.717, 1.165) is 24.5 Å². The van der Waals surface area contributed by atoms with Gasteiger partial charge >= 0.3 is 0 Å². The van der Waals surface area contributed by atoms with E-state index in [4.69, 9.17) is 0 Å². The summed E-state index contributed by atoms with van der Waals surface area (Å²) in [4.78, 5) is 2.46. The van der Waals surface area contributed by atoms with Gasteiger partial charge in [-0.15, -0.1) is 5.10 Å². The molecule has 96 valence electrons. The number of aliphatic hydroxyl groups excluding tert-OH is 1. The van der Waals surface area contributed by atoms with Crippen LogP contribution in [0.5, 0.6) is 0 Å². The van der Waals surface area contributed by atoms with Crippen LogP contribution in [0.3, 0.4) is 0 Å². The van der Waals surface area contributed by atoms with Gasteiger partial charge in [-0.1, -0.05) is 19.1 Å². The molecule has 5 heteroatoms. The summed E-state index contributed by atoms with van der Waals surface area (Å²) >= 11 is 0. The molecule has 1 aromatic heterocycles. The summed E-state index contributed by atoms with van der Waals surface area (Å²) in [5, 5.41) is 17.4. The molecule has 2 heterocycles. The average molecular weight is 238 g/mol. The summed E-state index contributed by atoms with van der Waals surface area (Å²) in [5.74, 6) is 0.353. The first-order valence-electron chi connectivity index (χ1n) is 6.48. The van der Waals surface area contributed by atoms with E-state index in [0.29, 0.717) is 5.92 Å². The van der Waals surface area contributed by atoms with Gasteiger partial charge < -0.3 is 10.0 Å². The van der Waals surface area contributed by atoms with Crippen molar-refractivity contribution in [2.45, 2.75) is 45.8 Å². The molecule has 1 aromatic rings. The van der Waals surface area contributed by atoms with Gasteiger partial charge in [-0.2, -0.15) is 0 Å². The summed E-state index contributed by atoms with van der Waals surface area (Å²) in [6.45, 7) is 8.54. The molecule has 0 aromatic carbocycles. The standard InChI is InChI=1S/C12H22N4O/c1-10(2)12-11(9-17)13-14-16(12)8-7-15-5-3-4-6-15/h10,17H,3-9H2,1-2H3. The first-order chi connectivity index (χ1) is 8.22. The average Bonchev–Trinajstić information content (AvgIpc) is 2.95. The van der Waals surface area contributed by atoms with Crippen LogP contribution in [0.1, 0.15) is 44.0 Å². The highest BCUT2D eigenvalue weighted by Crippen LogP contribution is 2.17. The Balaban J connectivity index is 2.01. The zero-order valence-electron chi connectivity index (χ0n) is 10.8. The molecule has 1 aliphatic rings. The summed E-state index contributed by atoms with van der Waals surface area (Å²) in [7, 11) is 0. The van der Waals surface area contributed by atoms with Crippen molar-refractivity contribution >= 4 is 0 Å². The van der Waals surface area contributed by atoms with E-state index in [1.165, 1.54) is 25.9 Å².